The SMILES string of the molecule is NC(=O)CC(NC(=O)C1C=CC(N)C1)C(=O)O. The van der Waals surface area contributed by atoms with Gasteiger partial charge in [-0.3, -0.25) is 9.59 Å². The van der Waals surface area contributed by atoms with Crippen LogP contribution in [0.1, 0.15) is 12.8 Å². The zero-order valence-electron chi connectivity index (χ0n) is 9.13. The summed E-state index contributed by atoms with van der Waals surface area (Å²) >= 11 is 0. The van der Waals surface area contributed by atoms with E-state index < -0.39 is 36.2 Å². The van der Waals surface area contributed by atoms with Crippen molar-refractivity contribution in [2.45, 2.75) is 24.9 Å². The molecule has 1 rings (SSSR count). The van der Waals surface area contributed by atoms with Crippen LogP contribution in [0.3, 0.4) is 0 Å². The van der Waals surface area contributed by atoms with E-state index >= 15 is 0 Å². The van der Waals surface area contributed by atoms with Gasteiger partial charge in [-0.25, -0.2) is 4.79 Å². The minimum Gasteiger partial charge on any atom is -0.480 e. The van der Waals surface area contributed by atoms with Crippen molar-refractivity contribution >= 4 is 17.8 Å². The number of carboxylic acids is 1. The van der Waals surface area contributed by atoms with Crippen LogP contribution < -0.4 is 16.8 Å². The topological polar surface area (TPSA) is 136 Å². The van der Waals surface area contributed by atoms with Gasteiger partial charge < -0.3 is 21.9 Å². The van der Waals surface area contributed by atoms with Gasteiger partial charge in [0.1, 0.15) is 6.04 Å². The highest BCUT2D eigenvalue weighted by Gasteiger charge is 2.28. The molecule has 7 heteroatoms. The molecule has 0 spiro atoms. The normalized spacial score (nSPS) is 24.3. The summed E-state index contributed by atoms with van der Waals surface area (Å²) in [5.74, 6) is -2.97. The van der Waals surface area contributed by atoms with Gasteiger partial charge in [-0.05, 0) is 6.42 Å². The summed E-state index contributed by atoms with van der Waals surface area (Å²) in [5, 5.41) is 11.1. The van der Waals surface area contributed by atoms with E-state index in [-0.39, 0.29) is 6.04 Å². The van der Waals surface area contributed by atoms with Gasteiger partial charge >= 0.3 is 5.97 Å². The summed E-state index contributed by atoms with van der Waals surface area (Å²) < 4.78 is 0. The molecule has 6 N–H and O–H groups in total. The Hall–Kier alpha value is -1.89. The van der Waals surface area contributed by atoms with Gasteiger partial charge in [-0.2, -0.15) is 0 Å². The minimum absolute atomic E-state index is 0.190. The number of amides is 2. The highest BCUT2D eigenvalue weighted by Crippen LogP contribution is 2.16. The predicted molar refractivity (Wildman–Crippen MR) is 58.6 cm³/mol. The van der Waals surface area contributed by atoms with Gasteiger partial charge in [-0.1, -0.05) is 12.2 Å². The zero-order valence-corrected chi connectivity index (χ0v) is 9.13. The number of primary amides is 1. The second kappa shape index (κ2) is 5.44. The molecular formula is C10H15N3O4. The molecule has 3 unspecified atom stereocenters. The van der Waals surface area contributed by atoms with Crippen molar-refractivity contribution in [1.82, 2.24) is 5.32 Å². The highest BCUT2D eigenvalue weighted by molar-refractivity contribution is 5.89. The molecule has 0 saturated carbocycles. The molecule has 0 aliphatic heterocycles. The molecule has 0 aromatic heterocycles. The first kappa shape index (κ1) is 13.2. The molecule has 1 aliphatic rings. The smallest absolute Gasteiger partial charge is 0.326 e. The largest absolute Gasteiger partial charge is 0.480 e. The summed E-state index contributed by atoms with van der Waals surface area (Å²) in [6.45, 7) is 0. The molecule has 0 aromatic rings. The van der Waals surface area contributed by atoms with Crippen LogP contribution in [0.15, 0.2) is 12.2 Å². The van der Waals surface area contributed by atoms with Gasteiger partial charge in [0.15, 0.2) is 0 Å². The third-order valence-electron chi connectivity index (χ3n) is 2.47. The van der Waals surface area contributed by atoms with E-state index in [1.54, 1.807) is 12.2 Å². The van der Waals surface area contributed by atoms with Gasteiger partial charge in [0.25, 0.3) is 0 Å². The van der Waals surface area contributed by atoms with E-state index in [9.17, 15) is 14.4 Å². The number of nitrogens with two attached hydrogens (primary N) is 2. The van der Waals surface area contributed by atoms with E-state index in [4.69, 9.17) is 16.6 Å². The Morgan fingerprint density at radius 3 is 2.47 bits per heavy atom. The summed E-state index contributed by atoms with van der Waals surface area (Å²) in [7, 11) is 0. The molecular weight excluding hydrogens is 226 g/mol. The van der Waals surface area contributed by atoms with Crippen LogP contribution in [0.5, 0.6) is 0 Å². The third kappa shape index (κ3) is 3.87. The Kier molecular flexibility index (Phi) is 4.22. The predicted octanol–water partition coefficient (Wildman–Crippen LogP) is -1.67. The van der Waals surface area contributed by atoms with E-state index in [2.05, 4.69) is 5.32 Å². The number of nitrogens with one attached hydrogen (secondary N) is 1. The lowest BCUT2D eigenvalue weighted by atomic mass is 10.1. The van der Waals surface area contributed by atoms with Crippen LogP contribution in [-0.2, 0) is 14.4 Å². The van der Waals surface area contributed by atoms with Crippen molar-refractivity contribution in [3.8, 4) is 0 Å². The quantitative estimate of drug-likeness (QED) is 0.427. The standard InChI is InChI=1S/C10H15N3O4/c11-6-2-1-5(3-6)9(15)13-7(10(16)17)4-8(12)14/h1-2,5-7H,3-4,11H2,(H2,12,14)(H,13,15)(H,16,17). The molecule has 3 atom stereocenters. The monoisotopic (exact) mass is 241 g/mol. The van der Waals surface area contributed by atoms with Crippen molar-refractivity contribution in [2.75, 3.05) is 0 Å². The van der Waals surface area contributed by atoms with Crippen LogP contribution in [0.2, 0.25) is 0 Å². The molecule has 0 aromatic carbocycles. The summed E-state index contributed by atoms with van der Waals surface area (Å²) in [6.07, 6.45) is 3.33. The van der Waals surface area contributed by atoms with Gasteiger partial charge in [0.05, 0.1) is 12.3 Å². The highest BCUT2D eigenvalue weighted by atomic mass is 16.4. The maximum atomic E-state index is 11.7. The molecule has 1 aliphatic carbocycles. The van der Waals surface area contributed by atoms with E-state index in [1.807, 2.05) is 0 Å². The average molecular weight is 241 g/mol. The number of hydrogen-bond acceptors (Lipinski definition) is 4. The molecule has 0 bridgehead atoms. The van der Waals surface area contributed by atoms with Crippen LogP contribution in [0, 0.1) is 5.92 Å². The number of rotatable bonds is 5. The maximum Gasteiger partial charge on any atom is 0.326 e. The summed E-state index contributed by atoms with van der Waals surface area (Å²) in [4.78, 5) is 33.1. The fourth-order valence-electron chi connectivity index (χ4n) is 1.60. The van der Waals surface area contributed by atoms with Crippen molar-refractivity contribution in [2.24, 2.45) is 17.4 Å². The fourth-order valence-corrected chi connectivity index (χ4v) is 1.60. The lowest BCUT2D eigenvalue weighted by molar-refractivity contribution is -0.143. The first-order valence-corrected chi connectivity index (χ1v) is 5.15. The van der Waals surface area contributed by atoms with Crippen LogP contribution in [0.4, 0.5) is 0 Å². The zero-order chi connectivity index (χ0) is 13.0. The summed E-state index contributed by atoms with van der Waals surface area (Å²) in [6, 6.07) is -1.48. The van der Waals surface area contributed by atoms with Crippen LogP contribution in [-0.4, -0.2) is 35.0 Å². The van der Waals surface area contributed by atoms with E-state index in [0.29, 0.717) is 6.42 Å². The van der Waals surface area contributed by atoms with Gasteiger partial charge in [0, 0.05) is 6.04 Å². The lowest BCUT2D eigenvalue weighted by Crippen LogP contribution is -2.45. The van der Waals surface area contributed by atoms with Crippen molar-refractivity contribution in [3.05, 3.63) is 12.2 Å². The first-order valence-electron chi connectivity index (χ1n) is 5.15. The Bertz CT molecular complexity index is 367. The van der Waals surface area contributed by atoms with E-state index in [1.165, 1.54) is 0 Å². The van der Waals surface area contributed by atoms with Crippen LogP contribution >= 0.6 is 0 Å². The molecule has 2 amide bonds. The Morgan fingerprint density at radius 1 is 1.41 bits per heavy atom. The Labute approximate surface area is 97.8 Å². The number of hydrogen-bond donors (Lipinski definition) is 4. The Balaban J connectivity index is 2.55. The average Bonchev–Trinajstić information content (AvgIpc) is 2.63. The lowest BCUT2D eigenvalue weighted by Gasteiger charge is -2.15. The molecule has 0 radical (unpaired) electrons. The van der Waals surface area contributed by atoms with Crippen molar-refractivity contribution in [1.29, 1.82) is 0 Å². The fraction of sp³-hybridized carbons (Fsp3) is 0.500. The molecule has 0 saturated heterocycles. The second-order valence-corrected chi connectivity index (χ2v) is 3.96. The minimum atomic E-state index is -1.29. The van der Waals surface area contributed by atoms with Gasteiger partial charge in [0.2, 0.25) is 11.8 Å². The molecule has 7 nitrogen and oxygen atoms in total. The molecule has 17 heavy (non-hydrogen) atoms. The van der Waals surface area contributed by atoms with Crippen molar-refractivity contribution < 1.29 is 19.5 Å². The molecule has 94 valence electrons. The number of aliphatic carboxylic acids is 1. The first-order chi connectivity index (χ1) is 7.90. The van der Waals surface area contributed by atoms with Crippen LogP contribution in [0.25, 0.3) is 0 Å². The Morgan fingerprint density at radius 2 is 2.06 bits per heavy atom. The van der Waals surface area contributed by atoms with E-state index in [0.717, 1.165) is 0 Å². The number of carbonyl (C=O) groups is 3. The van der Waals surface area contributed by atoms with Crippen molar-refractivity contribution in [3.63, 3.8) is 0 Å². The summed E-state index contributed by atoms with van der Waals surface area (Å²) in [5.41, 5.74) is 10.5. The molecule has 0 heterocycles. The molecule has 0 fully saturated rings. The number of carboxylic acid groups (broad SMARTS) is 1. The second-order valence-electron chi connectivity index (χ2n) is 3.96. The number of carbonyl (C=O) groups excluding carboxylic acids is 2. The van der Waals surface area contributed by atoms with Gasteiger partial charge in [-0.15, -0.1) is 0 Å². The maximum absolute atomic E-state index is 11.7. The third-order valence-corrected chi connectivity index (χ3v) is 2.47.